The largest absolute Gasteiger partial charge is 0.416 e. The quantitative estimate of drug-likeness (QED) is 0.400. The van der Waals surface area contributed by atoms with Crippen molar-refractivity contribution in [3.63, 3.8) is 0 Å². The lowest BCUT2D eigenvalue weighted by atomic mass is 10.2. The summed E-state index contributed by atoms with van der Waals surface area (Å²) in [6, 6.07) is 0.626. The van der Waals surface area contributed by atoms with Gasteiger partial charge in [-0.2, -0.15) is 13.2 Å². The number of carbonyl (C=O) groups excluding carboxylic acids is 1. The molecule has 4 N–H and O–H groups in total. The van der Waals surface area contributed by atoms with E-state index in [2.05, 4.69) is 0 Å². The van der Waals surface area contributed by atoms with Gasteiger partial charge in [-0.3, -0.25) is 20.1 Å². The summed E-state index contributed by atoms with van der Waals surface area (Å²) in [4.78, 5) is 19.3. The lowest BCUT2D eigenvalue weighted by Crippen LogP contribution is -2.45. The smallest absolute Gasteiger partial charge is 0.307 e. The predicted octanol–water partition coefficient (Wildman–Crippen LogP) is 0.177. The van der Waals surface area contributed by atoms with E-state index in [4.69, 9.17) is 10.9 Å². The van der Waals surface area contributed by atoms with Gasteiger partial charge in [0, 0.05) is 6.07 Å². The average Bonchev–Trinajstić information content (AvgIpc) is 2.43. The van der Waals surface area contributed by atoms with Gasteiger partial charge in [-0.15, -0.1) is 0 Å². The summed E-state index contributed by atoms with van der Waals surface area (Å²) >= 11 is 0. The number of halogens is 3. The molecule has 9 nitrogen and oxygen atoms in total. The molecule has 13 heteroatoms. The second-order valence-corrected chi connectivity index (χ2v) is 5.92. The molecular weight excluding hydrogens is 335 g/mol. The Morgan fingerprint density at radius 2 is 1.95 bits per heavy atom. The maximum atomic E-state index is 12.5. The van der Waals surface area contributed by atoms with Gasteiger partial charge >= 0.3 is 6.18 Å². The van der Waals surface area contributed by atoms with Gasteiger partial charge in [0.15, 0.2) is 5.37 Å². The maximum absolute atomic E-state index is 12.5. The average molecular weight is 343 g/mol. The van der Waals surface area contributed by atoms with Crippen LogP contribution >= 0.6 is 0 Å². The summed E-state index contributed by atoms with van der Waals surface area (Å²) in [6.45, 7) is 0. The van der Waals surface area contributed by atoms with E-state index < -0.39 is 48.4 Å². The molecule has 0 aliphatic heterocycles. The Labute approximate surface area is 120 Å². The fourth-order valence-corrected chi connectivity index (χ4v) is 2.71. The molecule has 1 amide bonds. The number of hydrogen-bond acceptors (Lipinski definition) is 7. The normalized spacial score (nSPS) is 13.5. The Kier molecular flexibility index (Phi) is 4.74. The molecule has 0 bridgehead atoms. The number of hydroxylamine groups is 1. The SMILES string of the molecule is NC(C(=O)NO)S(=O)(=O)c1ccc(C(F)(F)F)cc1[N+](=O)[O-]. The molecule has 0 aliphatic rings. The zero-order chi connectivity index (χ0) is 17.3. The molecule has 1 rings (SSSR count). The molecule has 1 aromatic carbocycles. The van der Waals surface area contributed by atoms with Gasteiger partial charge < -0.3 is 5.73 Å². The molecule has 1 atom stereocenters. The Morgan fingerprint density at radius 1 is 1.41 bits per heavy atom. The predicted molar refractivity (Wildman–Crippen MR) is 63.2 cm³/mol. The Morgan fingerprint density at radius 3 is 2.36 bits per heavy atom. The van der Waals surface area contributed by atoms with E-state index in [1.165, 1.54) is 0 Å². The molecule has 0 spiro atoms. The van der Waals surface area contributed by atoms with Crippen molar-refractivity contribution in [1.29, 1.82) is 0 Å². The number of carbonyl (C=O) groups is 1. The van der Waals surface area contributed by atoms with Gasteiger partial charge in [-0.25, -0.2) is 13.9 Å². The number of rotatable bonds is 4. The van der Waals surface area contributed by atoms with E-state index in [-0.39, 0.29) is 6.07 Å². The zero-order valence-electron chi connectivity index (χ0n) is 10.4. The van der Waals surface area contributed by atoms with Crippen LogP contribution in [0.3, 0.4) is 0 Å². The van der Waals surface area contributed by atoms with Crippen LogP contribution in [-0.4, -0.2) is 29.8 Å². The van der Waals surface area contributed by atoms with Crippen LogP contribution in [0.4, 0.5) is 18.9 Å². The maximum Gasteiger partial charge on any atom is 0.416 e. The fraction of sp³-hybridized carbons (Fsp3) is 0.222. The molecule has 0 saturated heterocycles. The number of benzene rings is 1. The number of nitrogens with zero attached hydrogens (tertiary/aromatic N) is 1. The molecule has 0 aromatic heterocycles. The Hall–Kier alpha value is -2.25. The lowest BCUT2D eigenvalue weighted by molar-refractivity contribution is -0.388. The van der Waals surface area contributed by atoms with E-state index in [0.717, 1.165) is 5.48 Å². The Bertz CT molecular complexity index is 718. The number of nitro benzene ring substituents is 1. The molecule has 22 heavy (non-hydrogen) atoms. The van der Waals surface area contributed by atoms with E-state index in [0.29, 0.717) is 12.1 Å². The fourth-order valence-electron chi connectivity index (χ4n) is 1.42. The minimum absolute atomic E-state index is 0.0104. The molecule has 0 heterocycles. The van der Waals surface area contributed by atoms with Crippen molar-refractivity contribution in [1.82, 2.24) is 5.48 Å². The second-order valence-electron chi connectivity index (χ2n) is 3.88. The van der Waals surface area contributed by atoms with Crippen molar-refractivity contribution in [3.8, 4) is 0 Å². The van der Waals surface area contributed by atoms with Gasteiger partial charge in [-0.05, 0) is 12.1 Å². The highest BCUT2D eigenvalue weighted by Crippen LogP contribution is 2.35. The van der Waals surface area contributed by atoms with Crippen LogP contribution in [0.15, 0.2) is 23.1 Å². The first-order valence-electron chi connectivity index (χ1n) is 5.22. The summed E-state index contributed by atoms with van der Waals surface area (Å²) in [7, 11) is -4.89. The highest BCUT2D eigenvalue weighted by molar-refractivity contribution is 7.92. The van der Waals surface area contributed by atoms with E-state index in [9.17, 15) is 36.5 Å². The molecule has 122 valence electrons. The minimum atomic E-state index is -4.93. The number of alkyl halides is 3. The standard InChI is InChI=1S/C9H8F3N3O6S/c10-9(11,12)4-1-2-6(5(3-4)15(18)19)22(20,21)7(13)8(16)14-17/h1-3,7,17H,13H2,(H,14,16). The first-order valence-corrected chi connectivity index (χ1v) is 6.76. The monoisotopic (exact) mass is 343 g/mol. The minimum Gasteiger partial charge on any atom is -0.307 e. The van der Waals surface area contributed by atoms with Gasteiger partial charge in [0.2, 0.25) is 9.84 Å². The summed E-state index contributed by atoms with van der Waals surface area (Å²) in [5.41, 5.74) is 3.12. The topological polar surface area (TPSA) is 153 Å². The van der Waals surface area contributed by atoms with Gasteiger partial charge in [-0.1, -0.05) is 0 Å². The van der Waals surface area contributed by atoms with Crippen LogP contribution in [0.1, 0.15) is 5.56 Å². The molecule has 1 unspecified atom stereocenters. The highest BCUT2D eigenvalue weighted by Gasteiger charge is 2.39. The summed E-state index contributed by atoms with van der Waals surface area (Å²) < 4.78 is 61.4. The Balaban J connectivity index is 3.55. The van der Waals surface area contributed by atoms with Crippen LogP contribution in [0.25, 0.3) is 0 Å². The number of hydrogen-bond donors (Lipinski definition) is 3. The first kappa shape index (κ1) is 17.8. The molecule has 0 radical (unpaired) electrons. The molecule has 0 aliphatic carbocycles. The summed E-state index contributed by atoms with van der Waals surface area (Å²) in [6.07, 6.45) is -4.93. The lowest BCUT2D eigenvalue weighted by Gasteiger charge is -2.12. The van der Waals surface area contributed by atoms with E-state index in [1.807, 2.05) is 0 Å². The molecule has 0 saturated carbocycles. The third-order valence-electron chi connectivity index (χ3n) is 2.49. The van der Waals surface area contributed by atoms with Crippen LogP contribution in [-0.2, 0) is 20.8 Å². The zero-order valence-corrected chi connectivity index (χ0v) is 11.2. The third-order valence-corrected chi connectivity index (χ3v) is 4.33. The van der Waals surface area contributed by atoms with Crippen molar-refractivity contribution < 1.29 is 36.5 Å². The highest BCUT2D eigenvalue weighted by atomic mass is 32.2. The van der Waals surface area contributed by atoms with Crippen molar-refractivity contribution in [2.24, 2.45) is 5.73 Å². The van der Waals surface area contributed by atoms with Crippen molar-refractivity contribution >= 4 is 21.4 Å². The molecule has 1 aromatic rings. The number of nitrogens with two attached hydrogens (primary N) is 1. The van der Waals surface area contributed by atoms with Crippen molar-refractivity contribution in [2.45, 2.75) is 16.4 Å². The second kappa shape index (κ2) is 5.86. The van der Waals surface area contributed by atoms with Crippen LogP contribution < -0.4 is 11.2 Å². The molecule has 0 fully saturated rings. The van der Waals surface area contributed by atoms with Crippen LogP contribution in [0.2, 0.25) is 0 Å². The van der Waals surface area contributed by atoms with Crippen LogP contribution in [0.5, 0.6) is 0 Å². The first-order chi connectivity index (χ1) is 9.92. The number of amides is 1. The van der Waals surface area contributed by atoms with Crippen LogP contribution in [0, 0.1) is 10.1 Å². The molecular formula is C9H8F3N3O6S. The number of sulfone groups is 1. The van der Waals surface area contributed by atoms with E-state index in [1.54, 1.807) is 0 Å². The van der Waals surface area contributed by atoms with Gasteiger partial charge in [0.05, 0.1) is 10.5 Å². The summed E-state index contributed by atoms with van der Waals surface area (Å²) in [5.74, 6) is -1.60. The third kappa shape index (κ3) is 3.32. The van der Waals surface area contributed by atoms with Gasteiger partial charge in [0.25, 0.3) is 11.6 Å². The summed E-state index contributed by atoms with van der Waals surface area (Å²) in [5, 5.41) is 16.7. The number of nitrogens with one attached hydrogen (secondary N) is 1. The number of nitro groups is 1. The van der Waals surface area contributed by atoms with Crippen molar-refractivity contribution in [3.05, 3.63) is 33.9 Å². The van der Waals surface area contributed by atoms with E-state index >= 15 is 0 Å². The van der Waals surface area contributed by atoms with Gasteiger partial charge in [0.1, 0.15) is 4.90 Å². The van der Waals surface area contributed by atoms with Crippen molar-refractivity contribution in [2.75, 3.05) is 0 Å².